The lowest BCUT2D eigenvalue weighted by Gasteiger charge is -2.05. The Morgan fingerprint density at radius 3 is 1.42 bits per heavy atom. The van der Waals surface area contributed by atoms with Crippen LogP contribution >= 0.6 is 0 Å². The van der Waals surface area contributed by atoms with Crippen molar-refractivity contribution in [2.45, 2.75) is 6.92 Å². The minimum absolute atomic E-state index is 0.838. The Balaban J connectivity index is 0.000000219. The highest BCUT2D eigenvalue weighted by atomic mass is 14.8. The summed E-state index contributed by atoms with van der Waals surface area (Å²) in [5.41, 5.74) is 12.3. The Labute approximate surface area is 144 Å². The van der Waals surface area contributed by atoms with E-state index in [-0.39, 0.29) is 0 Å². The molecule has 3 aromatic rings. The van der Waals surface area contributed by atoms with Gasteiger partial charge in [-0.1, -0.05) is 36.4 Å². The molecule has 0 unspecified atom stereocenters. The molecule has 3 rings (SSSR count). The van der Waals surface area contributed by atoms with Crippen LogP contribution in [0.1, 0.15) is 5.56 Å². The second-order valence-electron chi connectivity index (χ2n) is 5.57. The van der Waals surface area contributed by atoms with Crippen molar-refractivity contribution in [2.75, 3.05) is 30.5 Å². The second-order valence-corrected chi connectivity index (χ2v) is 5.57. The van der Waals surface area contributed by atoms with Crippen LogP contribution < -0.4 is 16.4 Å². The molecule has 0 aliphatic rings. The van der Waals surface area contributed by atoms with Crippen molar-refractivity contribution in [3.8, 4) is 11.1 Å². The number of anilines is 3. The summed E-state index contributed by atoms with van der Waals surface area (Å²) in [5, 5.41) is 6.23. The Kier molecular flexibility index (Phi) is 6.26. The van der Waals surface area contributed by atoms with E-state index >= 15 is 0 Å². The second kappa shape index (κ2) is 8.63. The third kappa shape index (κ3) is 5.06. The Morgan fingerprint density at radius 1 is 0.667 bits per heavy atom. The number of rotatable bonds is 3. The summed E-state index contributed by atoms with van der Waals surface area (Å²) in [6.07, 6.45) is 0. The van der Waals surface area contributed by atoms with Crippen LogP contribution in [0.3, 0.4) is 0 Å². The maximum atomic E-state index is 5.46. The van der Waals surface area contributed by atoms with E-state index in [9.17, 15) is 0 Å². The fraction of sp³-hybridized carbons (Fsp3) is 0.143. The Morgan fingerprint density at radius 2 is 1.12 bits per heavy atom. The molecule has 0 spiro atoms. The topological polar surface area (TPSA) is 50.1 Å². The van der Waals surface area contributed by atoms with Gasteiger partial charge in [-0.3, -0.25) is 0 Å². The van der Waals surface area contributed by atoms with Crippen LogP contribution in [0.5, 0.6) is 0 Å². The third-order valence-electron chi connectivity index (χ3n) is 3.72. The first-order chi connectivity index (χ1) is 11.6. The molecule has 0 amide bonds. The first kappa shape index (κ1) is 17.4. The lowest BCUT2D eigenvalue weighted by molar-refractivity contribution is 1.47. The first-order valence-corrected chi connectivity index (χ1v) is 8.00. The summed E-state index contributed by atoms with van der Waals surface area (Å²) in [5.74, 6) is 0. The van der Waals surface area contributed by atoms with E-state index in [1.54, 1.807) is 0 Å². The van der Waals surface area contributed by atoms with Crippen molar-refractivity contribution < 1.29 is 0 Å². The van der Waals surface area contributed by atoms with Gasteiger partial charge in [0, 0.05) is 31.2 Å². The first-order valence-electron chi connectivity index (χ1n) is 8.00. The van der Waals surface area contributed by atoms with Crippen LogP contribution in [0.25, 0.3) is 11.1 Å². The highest BCUT2D eigenvalue weighted by Gasteiger charge is 1.97. The molecule has 0 radical (unpaired) electrons. The molecule has 3 heteroatoms. The average Bonchev–Trinajstić information content (AvgIpc) is 2.62. The summed E-state index contributed by atoms with van der Waals surface area (Å²) < 4.78 is 0. The largest absolute Gasteiger partial charge is 0.399 e. The number of hydrogen-bond donors (Lipinski definition) is 3. The van der Waals surface area contributed by atoms with Crippen LogP contribution in [0, 0.1) is 6.92 Å². The number of aryl methyl sites for hydroxylation is 1. The molecule has 0 bridgehead atoms. The maximum absolute atomic E-state index is 5.46. The average molecular weight is 319 g/mol. The van der Waals surface area contributed by atoms with Gasteiger partial charge in [-0.25, -0.2) is 0 Å². The Bertz CT molecular complexity index is 684. The van der Waals surface area contributed by atoms with Crippen LogP contribution in [-0.2, 0) is 0 Å². The van der Waals surface area contributed by atoms with E-state index in [1.807, 2.05) is 45.3 Å². The molecule has 0 aliphatic carbocycles. The van der Waals surface area contributed by atoms with Gasteiger partial charge in [-0.05, 0) is 60.0 Å². The molecule has 0 saturated carbocycles. The lowest BCUT2D eigenvalue weighted by Crippen LogP contribution is -1.88. The van der Waals surface area contributed by atoms with Gasteiger partial charge in [-0.2, -0.15) is 0 Å². The van der Waals surface area contributed by atoms with Crippen molar-refractivity contribution in [1.82, 2.24) is 0 Å². The molecule has 0 saturated heterocycles. The van der Waals surface area contributed by atoms with E-state index in [1.165, 1.54) is 16.7 Å². The van der Waals surface area contributed by atoms with Crippen molar-refractivity contribution >= 4 is 17.1 Å². The molecule has 24 heavy (non-hydrogen) atoms. The summed E-state index contributed by atoms with van der Waals surface area (Å²) in [6.45, 7) is 2.02. The highest BCUT2D eigenvalue weighted by molar-refractivity contribution is 5.67. The van der Waals surface area contributed by atoms with Crippen molar-refractivity contribution in [3.05, 3.63) is 78.4 Å². The van der Waals surface area contributed by atoms with Gasteiger partial charge in [0.1, 0.15) is 0 Å². The fourth-order valence-corrected chi connectivity index (χ4v) is 2.33. The van der Waals surface area contributed by atoms with Crippen molar-refractivity contribution in [1.29, 1.82) is 0 Å². The quantitative estimate of drug-likeness (QED) is 0.594. The number of benzene rings is 3. The SMILES string of the molecule is CNc1ccc(-c2ccc(NC)cc2)cc1.Cc1cccc(N)c1. The highest BCUT2D eigenvalue weighted by Crippen LogP contribution is 2.22. The minimum Gasteiger partial charge on any atom is -0.399 e. The van der Waals surface area contributed by atoms with E-state index in [2.05, 4.69) is 59.2 Å². The zero-order valence-electron chi connectivity index (χ0n) is 14.5. The van der Waals surface area contributed by atoms with Gasteiger partial charge in [0.15, 0.2) is 0 Å². The minimum atomic E-state index is 0.838. The molecule has 3 aromatic carbocycles. The normalized spacial score (nSPS) is 9.62. The summed E-state index contributed by atoms with van der Waals surface area (Å²) in [6, 6.07) is 24.6. The fourth-order valence-electron chi connectivity index (χ4n) is 2.33. The molecule has 0 heterocycles. The maximum Gasteiger partial charge on any atom is 0.0337 e. The van der Waals surface area contributed by atoms with Gasteiger partial charge < -0.3 is 16.4 Å². The molecular formula is C21H25N3. The van der Waals surface area contributed by atoms with Gasteiger partial charge in [-0.15, -0.1) is 0 Å². The number of nitrogens with two attached hydrogens (primary N) is 1. The molecule has 0 atom stereocenters. The van der Waals surface area contributed by atoms with E-state index in [0.717, 1.165) is 17.1 Å². The standard InChI is InChI=1S/C14H16N2.C7H9N/c1-15-13-7-3-11(4-8-13)12-5-9-14(16-2)10-6-12;1-6-3-2-4-7(8)5-6/h3-10,15-16H,1-2H3;2-5H,8H2,1H3. The molecule has 0 aliphatic heterocycles. The van der Waals surface area contributed by atoms with Gasteiger partial charge in [0.25, 0.3) is 0 Å². The number of nitrogen functional groups attached to an aromatic ring is 1. The predicted octanol–water partition coefficient (Wildman–Crippen LogP) is 5.01. The van der Waals surface area contributed by atoms with Gasteiger partial charge in [0.2, 0.25) is 0 Å². The van der Waals surface area contributed by atoms with E-state index in [4.69, 9.17) is 5.73 Å². The molecule has 4 N–H and O–H groups in total. The lowest BCUT2D eigenvalue weighted by atomic mass is 10.1. The zero-order chi connectivity index (χ0) is 17.4. The van der Waals surface area contributed by atoms with Gasteiger partial charge in [0.05, 0.1) is 0 Å². The summed E-state index contributed by atoms with van der Waals surface area (Å²) in [4.78, 5) is 0. The zero-order valence-corrected chi connectivity index (χ0v) is 14.5. The van der Waals surface area contributed by atoms with Crippen LogP contribution in [0.4, 0.5) is 17.1 Å². The molecule has 0 aromatic heterocycles. The number of nitrogens with one attached hydrogen (secondary N) is 2. The van der Waals surface area contributed by atoms with Crippen molar-refractivity contribution in [2.24, 2.45) is 0 Å². The molecule has 124 valence electrons. The van der Waals surface area contributed by atoms with E-state index in [0.29, 0.717) is 0 Å². The Hall–Kier alpha value is -2.94. The van der Waals surface area contributed by atoms with Crippen LogP contribution in [0.15, 0.2) is 72.8 Å². The van der Waals surface area contributed by atoms with Crippen LogP contribution in [0.2, 0.25) is 0 Å². The van der Waals surface area contributed by atoms with Crippen molar-refractivity contribution in [3.63, 3.8) is 0 Å². The third-order valence-corrected chi connectivity index (χ3v) is 3.72. The van der Waals surface area contributed by atoms with Crippen LogP contribution in [-0.4, -0.2) is 14.1 Å². The monoisotopic (exact) mass is 319 g/mol. The predicted molar refractivity (Wildman–Crippen MR) is 107 cm³/mol. The molecule has 0 fully saturated rings. The molecular weight excluding hydrogens is 294 g/mol. The summed E-state index contributed by atoms with van der Waals surface area (Å²) in [7, 11) is 3.85. The number of hydrogen-bond acceptors (Lipinski definition) is 3. The summed E-state index contributed by atoms with van der Waals surface area (Å²) >= 11 is 0. The smallest absolute Gasteiger partial charge is 0.0337 e. The van der Waals surface area contributed by atoms with Gasteiger partial charge >= 0.3 is 0 Å². The van der Waals surface area contributed by atoms with E-state index < -0.39 is 0 Å². The molecule has 3 nitrogen and oxygen atoms in total.